The van der Waals surface area contributed by atoms with Crippen LogP contribution in [-0.2, 0) is 33.2 Å². The molecule has 56 heavy (non-hydrogen) atoms. The highest BCUT2D eigenvalue weighted by Crippen LogP contribution is 2.59. The highest BCUT2D eigenvalue weighted by atomic mass is 16.8. The second kappa shape index (κ2) is 14.2. The first-order valence-corrected chi connectivity index (χ1v) is 22.1. The average Bonchev–Trinajstić information content (AvgIpc) is 3.81. The number of esters is 1. The third kappa shape index (κ3) is 6.61. The molecule has 1 aliphatic carbocycles. The van der Waals surface area contributed by atoms with Crippen molar-refractivity contribution in [2.45, 2.75) is 203 Å². The summed E-state index contributed by atoms with van der Waals surface area (Å²) in [5, 5.41) is 35.7. The summed E-state index contributed by atoms with van der Waals surface area (Å²) in [5.41, 5.74) is 1.93. The molecule has 0 aromatic heterocycles. The van der Waals surface area contributed by atoms with Gasteiger partial charge in [0.25, 0.3) is 0 Å². The van der Waals surface area contributed by atoms with Gasteiger partial charge in [-0.25, -0.2) is 0 Å². The Morgan fingerprint density at radius 1 is 0.786 bits per heavy atom. The quantitative estimate of drug-likeness (QED) is 0.201. The highest BCUT2D eigenvalue weighted by Gasteiger charge is 2.67. The number of nitrogens with zero attached hydrogens (tertiary/aromatic N) is 1. The van der Waals surface area contributed by atoms with E-state index in [0.29, 0.717) is 69.6 Å². The lowest BCUT2D eigenvalue weighted by molar-refractivity contribution is -0.411. The molecule has 11 heteroatoms. The van der Waals surface area contributed by atoms with E-state index in [9.17, 15) is 20.1 Å². The SMILES string of the molecule is C=C1CCCC2=NCC(C)C(C)CC23CCC(C2CCC(=O)O2)=CC3C2OC3(CC(C)C(O)C2O3)CC2OC3(CCC4(OC(CCC4(C)O)C1)O3)CC(C)C2O. The maximum Gasteiger partial charge on any atom is 0.306 e. The molecule has 0 radical (unpaired) electrons. The molecule has 17 atom stereocenters. The van der Waals surface area contributed by atoms with Crippen molar-refractivity contribution in [2.75, 3.05) is 6.54 Å². The number of aliphatic hydroxyl groups excluding tert-OH is 2. The van der Waals surface area contributed by atoms with Gasteiger partial charge in [-0.3, -0.25) is 9.79 Å². The number of hydrogen-bond acceptors (Lipinski definition) is 11. The molecule has 8 heterocycles. The maximum atomic E-state index is 12.4. The van der Waals surface area contributed by atoms with Crippen LogP contribution in [0.1, 0.15) is 137 Å². The van der Waals surface area contributed by atoms with Gasteiger partial charge >= 0.3 is 5.97 Å². The molecule has 8 aliphatic heterocycles. The number of ether oxygens (including phenoxy) is 6. The zero-order valence-electron chi connectivity index (χ0n) is 34.4. The van der Waals surface area contributed by atoms with Gasteiger partial charge in [0.15, 0.2) is 11.6 Å². The van der Waals surface area contributed by atoms with Gasteiger partial charge in [-0.15, -0.1) is 0 Å². The molecule has 4 spiro atoms. The first-order valence-electron chi connectivity index (χ1n) is 22.1. The number of aliphatic hydroxyl groups is 3. The van der Waals surface area contributed by atoms with E-state index in [4.69, 9.17) is 33.4 Å². The molecule has 3 N–H and O–H groups in total. The van der Waals surface area contributed by atoms with Crippen LogP contribution in [0.4, 0.5) is 0 Å². The predicted molar refractivity (Wildman–Crippen MR) is 207 cm³/mol. The van der Waals surface area contributed by atoms with Crippen molar-refractivity contribution in [3.05, 3.63) is 23.8 Å². The van der Waals surface area contributed by atoms with Crippen LogP contribution in [0.15, 0.2) is 28.8 Å². The van der Waals surface area contributed by atoms with E-state index in [1.54, 1.807) is 0 Å². The van der Waals surface area contributed by atoms with Crippen LogP contribution in [0, 0.1) is 35.0 Å². The number of aliphatic imine (C=N–C) groups is 1. The fourth-order valence-electron chi connectivity index (χ4n) is 12.7. The molecule has 0 aromatic rings. The summed E-state index contributed by atoms with van der Waals surface area (Å²) < 4.78 is 41.1. The summed E-state index contributed by atoms with van der Waals surface area (Å²) >= 11 is 0. The van der Waals surface area contributed by atoms with Crippen molar-refractivity contribution in [2.24, 2.45) is 40.0 Å². The van der Waals surface area contributed by atoms with Crippen LogP contribution < -0.4 is 0 Å². The Balaban J connectivity index is 1.14. The fourth-order valence-corrected chi connectivity index (χ4v) is 12.7. The zero-order valence-corrected chi connectivity index (χ0v) is 34.4. The van der Waals surface area contributed by atoms with E-state index in [0.717, 1.165) is 56.2 Å². The lowest BCUT2D eigenvalue weighted by Crippen LogP contribution is -2.62. The molecule has 7 saturated heterocycles. The Morgan fingerprint density at radius 3 is 2.34 bits per heavy atom. The van der Waals surface area contributed by atoms with Crippen LogP contribution in [0.3, 0.4) is 0 Å². The monoisotopic (exact) mass is 781 g/mol. The number of carbonyl (C=O) groups is 1. The molecule has 17 unspecified atom stereocenters. The number of cyclic esters (lactones) is 1. The molecular weight excluding hydrogens is 714 g/mol. The van der Waals surface area contributed by atoms with E-state index in [1.807, 2.05) is 13.8 Å². The number of rotatable bonds is 1. The first kappa shape index (κ1) is 39.7. The third-order valence-corrected chi connectivity index (χ3v) is 16.2. The van der Waals surface area contributed by atoms with Crippen LogP contribution in [0.25, 0.3) is 0 Å². The molecule has 7 fully saturated rings. The van der Waals surface area contributed by atoms with Gasteiger partial charge in [0.2, 0.25) is 5.79 Å². The van der Waals surface area contributed by atoms with Crippen molar-refractivity contribution in [3.63, 3.8) is 0 Å². The van der Waals surface area contributed by atoms with Gasteiger partial charge in [0, 0.05) is 62.1 Å². The van der Waals surface area contributed by atoms with Crippen molar-refractivity contribution in [3.8, 4) is 0 Å². The molecule has 9 rings (SSSR count). The third-order valence-electron chi connectivity index (χ3n) is 16.2. The van der Waals surface area contributed by atoms with E-state index in [-0.39, 0.29) is 47.8 Å². The second-order valence-corrected chi connectivity index (χ2v) is 20.3. The van der Waals surface area contributed by atoms with Gasteiger partial charge in [-0.05, 0) is 100 Å². The highest BCUT2D eigenvalue weighted by molar-refractivity contribution is 5.91. The molecule has 0 amide bonds. The van der Waals surface area contributed by atoms with Gasteiger partial charge in [-0.2, -0.15) is 0 Å². The Hall–Kier alpha value is -1.70. The summed E-state index contributed by atoms with van der Waals surface area (Å²) in [6, 6.07) is 0. The summed E-state index contributed by atoms with van der Waals surface area (Å²) in [7, 11) is 0. The van der Waals surface area contributed by atoms with Crippen molar-refractivity contribution in [1.82, 2.24) is 0 Å². The summed E-state index contributed by atoms with van der Waals surface area (Å²) in [6.07, 6.45) is 9.09. The lowest BCUT2D eigenvalue weighted by atomic mass is 9.57. The normalized spacial score (nSPS) is 53.6. The van der Waals surface area contributed by atoms with E-state index in [2.05, 4.69) is 33.4 Å². The molecular formula is C45H67NO10. The molecule has 0 aromatic carbocycles. The van der Waals surface area contributed by atoms with E-state index < -0.39 is 53.5 Å². The summed E-state index contributed by atoms with van der Waals surface area (Å²) in [5.74, 6) is -3.18. The average molecular weight is 782 g/mol. The number of hydrogen-bond donors (Lipinski definition) is 3. The summed E-state index contributed by atoms with van der Waals surface area (Å²) in [6.45, 7) is 15.9. The largest absolute Gasteiger partial charge is 0.458 e. The van der Waals surface area contributed by atoms with Gasteiger partial charge in [0.05, 0.1) is 30.5 Å². The van der Waals surface area contributed by atoms with Crippen LogP contribution in [-0.4, -0.2) is 99.2 Å². The van der Waals surface area contributed by atoms with E-state index in [1.165, 1.54) is 5.71 Å². The smallest absolute Gasteiger partial charge is 0.306 e. The van der Waals surface area contributed by atoms with Crippen LogP contribution in [0.5, 0.6) is 0 Å². The molecule has 312 valence electrons. The van der Waals surface area contributed by atoms with Gasteiger partial charge in [0.1, 0.15) is 17.8 Å². The predicted octanol–water partition coefficient (Wildman–Crippen LogP) is 6.45. The molecule has 0 saturated carbocycles. The van der Waals surface area contributed by atoms with Gasteiger partial charge < -0.3 is 43.7 Å². The number of fused-ring (bicyclic) bond motifs is 6. The minimum atomic E-state index is -1.23. The van der Waals surface area contributed by atoms with E-state index >= 15 is 0 Å². The fraction of sp³-hybridized carbons (Fsp3) is 0.867. The maximum absolute atomic E-state index is 12.4. The second-order valence-electron chi connectivity index (χ2n) is 20.3. The first-order chi connectivity index (χ1) is 26.5. The minimum absolute atomic E-state index is 0.122. The molecule has 7 bridgehead atoms. The van der Waals surface area contributed by atoms with Gasteiger partial charge in [-0.1, -0.05) is 45.9 Å². The Kier molecular flexibility index (Phi) is 10.1. The molecule has 11 nitrogen and oxygen atoms in total. The van der Waals surface area contributed by atoms with Crippen molar-refractivity contribution in [1.29, 1.82) is 0 Å². The van der Waals surface area contributed by atoms with Crippen LogP contribution >= 0.6 is 0 Å². The lowest BCUT2D eigenvalue weighted by Gasteiger charge is -2.51. The number of carbonyl (C=O) groups excluding carboxylic acids is 1. The van der Waals surface area contributed by atoms with Crippen molar-refractivity contribution < 1.29 is 48.5 Å². The minimum Gasteiger partial charge on any atom is -0.458 e. The Labute approximate surface area is 332 Å². The molecule has 9 aliphatic rings. The van der Waals surface area contributed by atoms with Crippen LogP contribution in [0.2, 0.25) is 0 Å². The Bertz CT molecular complexity index is 1630. The topological polar surface area (TPSA) is 146 Å². The standard InChI is InChI=1S/C45H67NO10/c1-25-8-7-9-35-42(20-26(2)29(5)24-46-35)15-12-30(33-10-11-36(47)51-33)19-32(42)39-40-38(49)28(4)22-44(54-39,55-40)23-34-37(48)27(3)21-43(53-34)16-17-45(56-43)41(6,50)14-13-31(18-25)52-45/h19,26-29,31-34,37-40,48-50H,1,7-18,20-24H2,2-6H3. The zero-order chi connectivity index (χ0) is 39.4. The Morgan fingerprint density at radius 2 is 1.55 bits per heavy atom. The summed E-state index contributed by atoms with van der Waals surface area (Å²) in [4.78, 5) is 17.9. The van der Waals surface area contributed by atoms with Crippen molar-refractivity contribution >= 4 is 11.7 Å².